The van der Waals surface area contributed by atoms with Crippen LogP contribution in [0, 0.1) is 0 Å². The molecular weight excluding hydrogens is 346 g/mol. The van der Waals surface area contributed by atoms with E-state index in [1.165, 1.54) is 0 Å². The predicted molar refractivity (Wildman–Crippen MR) is 98.7 cm³/mol. The maximum absolute atomic E-state index is 13.6. The summed E-state index contributed by atoms with van der Waals surface area (Å²) in [5, 5.41) is 3.94. The monoisotopic (exact) mass is 373 g/mol. The standard InChI is InChI=1S/C19H27N5O3/c1-4-16-21-17(27-22-16)13-24(14(2)3)19(25)18(15-6-5-7-20-12-15)23-8-10-26-11-9-23/h5-7,12,14,18H,4,8-11,13H2,1-3H3. The normalized spacial score (nSPS) is 16.4. The van der Waals surface area contributed by atoms with Gasteiger partial charge in [0.2, 0.25) is 11.8 Å². The molecule has 1 aliphatic heterocycles. The number of carbonyl (C=O) groups excluding carboxylic acids is 1. The second-order valence-electron chi connectivity index (χ2n) is 6.86. The number of hydrogen-bond donors (Lipinski definition) is 0. The largest absolute Gasteiger partial charge is 0.379 e. The summed E-state index contributed by atoms with van der Waals surface area (Å²) in [6.45, 7) is 8.91. The average Bonchev–Trinajstić information content (AvgIpc) is 3.15. The van der Waals surface area contributed by atoms with E-state index in [2.05, 4.69) is 20.0 Å². The number of carbonyl (C=O) groups is 1. The lowest BCUT2D eigenvalue weighted by Crippen LogP contribution is -2.48. The quantitative estimate of drug-likeness (QED) is 0.732. The molecule has 1 amide bonds. The molecule has 146 valence electrons. The molecule has 2 aromatic heterocycles. The summed E-state index contributed by atoms with van der Waals surface area (Å²) in [7, 11) is 0. The molecule has 3 rings (SSSR count). The van der Waals surface area contributed by atoms with Crippen molar-refractivity contribution in [3.63, 3.8) is 0 Å². The van der Waals surface area contributed by atoms with Crippen molar-refractivity contribution < 1.29 is 14.1 Å². The first-order valence-corrected chi connectivity index (χ1v) is 9.43. The second-order valence-corrected chi connectivity index (χ2v) is 6.86. The average molecular weight is 373 g/mol. The topological polar surface area (TPSA) is 84.6 Å². The molecule has 1 unspecified atom stereocenters. The van der Waals surface area contributed by atoms with Gasteiger partial charge >= 0.3 is 0 Å². The van der Waals surface area contributed by atoms with Crippen molar-refractivity contribution >= 4 is 5.91 Å². The Bertz CT molecular complexity index is 728. The van der Waals surface area contributed by atoms with Gasteiger partial charge in [-0.25, -0.2) is 0 Å². The van der Waals surface area contributed by atoms with Crippen LogP contribution < -0.4 is 0 Å². The number of aromatic nitrogens is 3. The van der Waals surface area contributed by atoms with Gasteiger partial charge in [-0.05, 0) is 25.5 Å². The molecule has 3 heterocycles. The number of aryl methyl sites for hydroxylation is 1. The van der Waals surface area contributed by atoms with Crippen LogP contribution in [0.4, 0.5) is 0 Å². The van der Waals surface area contributed by atoms with Crippen LogP contribution in [-0.2, 0) is 22.5 Å². The zero-order valence-corrected chi connectivity index (χ0v) is 16.2. The van der Waals surface area contributed by atoms with Crippen molar-refractivity contribution in [2.45, 2.75) is 45.8 Å². The van der Waals surface area contributed by atoms with Crippen molar-refractivity contribution in [1.82, 2.24) is 24.9 Å². The van der Waals surface area contributed by atoms with Crippen LogP contribution in [0.25, 0.3) is 0 Å². The highest BCUT2D eigenvalue weighted by Gasteiger charge is 2.34. The minimum atomic E-state index is -0.404. The van der Waals surface area contributed by atoms with Crippen LogP contribution in [0.1, 0.15) is 44.1 Å². The van der Waals surface area contributed by atoms with Gasteiger partial charge in [0.15, 0.2) is 5.82 Å². The fraction of sp³-hybridized carbons (Fsp3) is 0.579. The van der Waals surface area contributed by atoms with Gasteiger partial charge in [0, 0.05) is 37.9 Å². The maximum atomic E-state index is 13.6. The molecule has 0 radical (unpaired) electrons. The molecule has 0 N–H and O–H groups in total. The SMILES string of the molecule is CCc1noc(CN(C(=O)C(c2cccnc2)N2CCOCC2)C(C)C)n1. The van der Waals surface area contributed by atoms with Gasteiger partial charge in [-0.3, -0.25) is 14.7 Å². The maximum Gasteiger partial charge on any atom is 0.246 e. The van der Waals surface area contributed by atoms with Crippen molar-refractivity contribution in [3.8, 4) is 0 Å². The molecule has 2 aromatic rings. The summed E-state index contributed by atoms with van der Waals surface area (Å²) < 4.78 is 10.8. The molecule has 1 atom stereocenters. The van der Waals surface area contributed by atoms with Crippen LogP contribution >= 0.6 is 0 Å². The third-order valence-corrected chi connectivity index (χ3v) is 4.68. The molecule has 1 saturated heterocycles. The van der Waals surface area contributed by atoms with Gasteiger partial charge in [-0.2, -0.15) is 4.98 Å². The van der Waals surface area contributed by atoms with E-state index in [1.54, 1.807) is 17.3 Å². The van der Waals surface area contributed by atoms with Gasteiger partial charge in [0.25, 0.3) is 0 Å². The molecule has 0 aliphatic carbocycles. The molecule has 27 heavy (non-hydrogen) atoms. The fourth-order valence-corrected chi connectivity index (χ4v) is 3.20. The van der Waals surface area contributed by atoms with Gasteiger partial charge in [0.05, 0.1) is 13.2 Å². The van der Waals surface area contributed by atoms with E-state index in [9.17, 15) is 4.79 Å². The Labute approximate surface area is 159 Å². The summed E-state index contributed by atoms with van der Waals surface area (Å²) >= 11 is 0. The number of nitrogens with zero attached hydrogens (tertiary/aromatic N) is 5. The van der Waals surface area contributed by atoms with Crippen molar-refractivity contribution in [2.75, 3.05) is 26.3 Å². The minimum Gasteiger partial charge on any atom is -0.379 e. The Morgan fingerprint density at radius 3 is 2.70 bits per heavy atom. The van der Waals surface area contributed by atoms with Gasteiger partial charge < -0.3 is 14.2 Å². The second kappa shape index (κ2) is 9.05. The lowest BCUT2D eigenvalue weighted by Gasteiger charge is -2.37. The van der Waals surface area contributed by atoms with Crippen LogP contribution in [0.15, 0.2) is 29.0 Å². The molecule has 1 fully saturated rings. The van der Waals surface area contributed by atoms with E-state index in [4.69, 9.17) is 9.26 Å². The number of ether oxygens (including phenoxy) is 1. The number of amides is 1. The van der Waals surface area contributed by atoms with Crippen molar-refractivity contribution in [2.24, 2.45) is 0 Å². The zero-order chi connectivity index (χ0) is 19.2. The smallest absolute Gasteiger partial charge is 0.246 e. The Morgan fingerprint density at radius 1 is 1.33 bits per heavy atom. The first-order valence-electron chi connectivity index (χ1n) is 9.43. The van der Waals surface area contributed by atoms with E-state index in [0.717, 1.165) is 5.56 Å². The molecule has 0 aromatic carbocycles. The first-order chi connectivity index (χ1) is 13.1. The molecule has 8 heteroatoms. The summed E-state index contributed by atoms with van der Waals surface area (Å²) in [6, 6.07) is 3.40. The molecular formula is C19H27N5O3. The van der Waals surface area contributed by atoms with E-state index >= 15 is 0 Å². The molecule has 8 nitrogen and oxygen atoms in total. The molecule has 0 bridgehead atoms. The summed E-state index contributed by atoms with van der Waals surface area (Å²) in [5.41, 5.74) is 0.884. The van der Waals surface area contributed by atoms with E-state index in [-0.39, 0.29) is 11.9 Å². The van der Waals surface area contributed by atoms with E-state index in [1.807, 2.05) is 32.9 Å². The Kier molecular flexibility index (Phi) is 6.52. The van der Waals surface area contributed by atoms with Crippen molar-refractivity contribution in [1.29, 1.82) is 0 Å². The molecule has 0 spiro atoms. The van der Waals surface area contributed by atoms with Crippen molar-refractivity contribution in [3.05, 3.63) is 41.8 Å². The first kappa shape index (κ1) is 19.4. The fourth-order valence-electron chi connectivity index (χ4n) is 3.20. The van der Waals surface area contributed by atoms with Gasteiger partial charge in [0.1, 0.15) is 12.6 Å². The summed E-state index contributed by atoms with van der Waals surface area (Å²) in [4.78, 5) is 26.1. The number of rotatable bonds is 7. The Morgan fingerprint density at radius 2 is 2.11 bits per heavy atom. The van der Waals surface area contributed by atoms with Gasteiger partial charge in [-0.15, -0.1) is 0 Å². The lowest BCUT2D eigenvalue weighted by atomic mass is 10.0. The Balaban J connectivity index is 1.87. The highest BCUT2D eigenvalue weighted by Crippen LogP contribution is 2.25. The van der Waals surface area contributed by atoms with Crippen LogP contribution in [0.2, 0.25) is 0 Å². The third-order valence-electron chi connectivity index (χ3n) is 4.68. The zero-order valence-electron chi connectivity index (χ0n) is 16.2. The van der Waals surface area contributed by atoms with Crippen LogP contribution in [0.3, 0.4) is 0 Å². The van der Waals surface area contributed by atoms with E-state index < -0.39 is 6.04 Å². The highest BCUT2D eigenvalue weighted by atomic mass is 16.5. The minimum absolute atomic E-state index is 0.00492. The summed E-state index contributed by atoms with van der Waals surface area (Å²) in [6.07, 6.45) is 4.18. The predicted octanol–water partition coefficient (Wildman–Crippen LogP) is 1.84. The Hall–Kier alpha value is -2.32. The van der Waals surface area contributed by atoms with E-state index in [0.29, 0.717) is 51.0 Å². The number of pyridine rings is 1. The number of hydrogen-bond acceptors (Lipinski definition) is 7. The summed E-state index contributed by atoms with van der Waals surface area (Å²) in [5.74, 6) is 1.12. The molecule has 0 saturated carbocycles. The lowest BCUT2D eigenvalue weighted by molar-refractivity contribution is -0.142. The highest BCUT2D eigenvalue weighted by molar-refractivity contribution is 5.83. The van der Waals surface area contributed by atoms with Crippen LogP contribution in [0.5, 0.6) is 0 Å². The third kappa shape index (κ3) is 4.70. The number of morpholine rings is 1. The van der Waals surface area contributed by atoms with Gasteiger partial charge in [-0.1, -0.05) is 18.1 Å². The molecule has 1 aliphatic rings. The van der Waals surface area contributed by atoms with Crippen LogP contribution in [-0.4, -0.2) is 63.2 Å².